The highest BCUT2D eigenvalue weighted by molar-refractivity contribution is 5.90. The Labute approximate surface area is 168 Å². The summed E-state index contributed by atoms with van der Waals surface area (Å²) in [6.45, 7) is 3.50. The fourth-order valence-electron chi connectivity index (χ4n) is 3.52. The summed E-state index contributed by atoms with van der Waals surface area (Å²) in [7, 11) is 0. The molecule has 1 atom stereocenters. The van der Waals surface area contributed by atoms with E-state index in [1.165, 1.54) is 17.2 Å². The fraction of sp³-hybridized carbons (Fsp3) is 0.261. The second-order valence-corrected chi connectivity index (χ2v) is 7.27. The fourth-order valence-corrected chi connectivity index (χ4v) is 3.52. The number of carbonyl (C=O) groups is 1. The Morgan fingerprint density at radius 3 is 2.76 bits per heavy atom. The first-order valence-corrected chi connectivity index (χ1v) is 9.63. The molecule has 0 spiro atoms. The molecule has 6 nitrogen and oxygen atoms in total. The van der Waals surface area contributed by atoms with Gasteiger partial charge in [-0.15, -0.1) is 0 Å². The monoisotopic (exact) mass is 390 g/mol. The summed E-state index contributed by atoms with van der Waals surface area (Å²) in [6, 6.07) is 14.9. The van der Waals surface area contributed by atoms with Crippen LogP contribution in [0.2, 0.25) is 0 Å². The smallest absolute Gasteiger partial charge is 0.336 e. The van der Waals surface area contributed by atoms with Crippen LogP contribution >= 0.6 is 0 Å². The van der Waals surface area contributed by atoms with E-state index in [0.29, 0.717) is 11.3 Å². The van der Waals surface area contributed by atoms with Crippen molar-refractivity contribution >= 4 is 22.6 Å². The molecular formula is C23H22N2O4. The first-order chi connectivity index (χ1) is 14.0. The first kappa shape index (κ1) is 18.9. The Kier molecular flexibility index (Phi) is 5.16. The number of aryl methyl sites for hydroxylation is 2. The second-order valence-electron chi connectivity index (χ2n) is 7.27. The van der Waals surface area contributed by atoms with E-state index in [2.05, 4.69) is 22.7 Å². The van der Waals surface area contributed by atoms with Crippen LogP contribution in [0.5, 0.6) is 5.75 Å². The van der Waals surface area contributed by atoms with Crippen LogP contribution in [0.4, 0.5) is 0 Å². The van der Waals surface area contributed by atoms with Gasteiger partial charge in [0.25, 0.3) is 5.91 Å². The van der Waals surface area contributed by atoms with Gasteiger partial charge in [0, 0.05) is 29.7 Å². The van der Waals surface area contributed by atoms with E-state index >= 15 is 0 Å². The molecule has 29 heavy (non-hydrogen) atoms. The largest absolute Gasteiger partial charge is 0.481 e. The van der Waals surface area contributed by atoms with Gasteiger partial charge in [-0.2, -0.15) is 5.10 Å². The minimum absolute atomic E-state index is 0.331. The molecule has 2 aromatic carbocycles. The summed E-state index contributed by atoms with van der Waals surface area (Å²) in [5.41, 5.74) is 7.00. The van der Waals surface area contributed by atoms with Gasteiger partial charge >= 0.3 is 5.63 Å². The lowest BCUT2D eigenvalue weighted by Crippen LogP contribution is -2.34. The van der Waals surface area contributed by atoms with Crippen molar-refractivity contribution in [3.63, 3.8) is 0 Å². The van der Waals surface area contributed by atoms with Gasteiger partial charge < -0.3 is 9.15 Å². The summed E-state index contributed by atoms with van der Waals surface area (Å²) < 4.78 is 10.9. The zero-order valence-electron chi connectivity index (χ0n) is 16.4. The summed E-state index contributed by atoms with van der Waals surface area (Å²) in [4.78, 5) is 24.0. The average Bonchev–Trinajstić information content (AvgIpc) is 2.71. The van der Waals surface area contributed by atoms with Gasteiger partial charge in [-0.25, -0.2) is 10.2 Å². The lowest BCUT2D eigenvalue weighted by Gasteiger charge is -2.18. The number of hydrogen-bond acceptors (Lipinski definition) is 5. The van der Waals surface area contributed by atoms with Gasteiger partial charge in [0.1, 0.15) is 11.3 Å². The Morgan fingerprint density at radius 2 is 1.93 bits per heavy atom. The van der Waals surface area contributed by atoms with E-state index < -0.39 is 11.7 Å². The molecular weight excluding hydrogens is 368 g/mol. The van der Waals surface area contributed by atoms with Gasteiger partial charge in [-0.1, -0.05) is 24.3 Å². The van der Waals surface area contributed by atoms with Crippen LogP contribution in [0.1, 0.15) is 30.0 Å². The van der Waals surface area contributed by atoms with Gasteiger partial charge in [-0.3, -0.25) is 4.79 Å². The molecule has 0 saturated heterocycles. The van der Waals surface area contributed by atoms with Crippen molar-refractivity contribution in [2.24, 2.45) is 5.10 Å². The van der Waals surface area contributed by atoms with Crippen LogP contribution in [0.25, 0.3) is 11.0 Å². The van der Waals surface area contributed by atoms with E-state index in [0.717, 1.165) is 35.9 Å². The Balaban J connectivity index is 1.41. The van der Waals surface area contributed by atoms with Gasteiger partial charge in [0.05, 0.1) is 0 Å². The molecule has 1 N–H and O–H groups in total. The Bertz CT molecular complexity index is 1160. The quantitative estimate of drug-likeness (QED) is 0.546. The molecule has 1 aromatic heterocycles. The lowest BCUT2D eigenvalue weighted by molar-refractivity contribution is -0.127. The molecule has 1 aliphatic rings. The number of nitrogens with one attached hydrogen (secondary N) is 1. The zero-order chi connectivity index (χ0) is 20.4. The minimum Gasteiger partial charge on any atom is -0.481 e. The van der Waals surface area contributed by atoms with Crippen LogP contribution in [0, 0.1) is 6.92 Å². The molecule has 1 amide bonds. The molecule has 0 unspecified atom stereocenters. The number of benzene rings is 2. The van der Waals surface area contributed by atoms with Gasteiger partial charge in [0.15, 0.2) is 6.10 Å². The summed E-state index contributed by atoms with van der Waals surface area (Å²) in [5, 5.41) is 5.13. The highest BCUT2D eigenvalue weighted by Gasteiger charge is 2.17. The number of nitrogens with zero attached hydrogens (tertiary/aromatic N) is 1. The average molecular weight is 390 g/mol. The van der Waals surface area contributed by atoms with Crippen molar-refractivity contribution in [1.82, 2.24) is 5.43 Å². The number of hydrogen-bond donors (Lipinski definition) is 1. The van der Waals surface area contributed by atoms with Crippen molar-refractivity contribution in [2.75, 3.05) is 0 Å². The Hall–Kier alpha value is -3.41. The molecule has 148 valence electrons. The molecule has 1 heterocycles. The number of amides is 1. The summed E-state index contributed by atoms with van der Waals surface area (Å²) in [6.07, 6.45) is 1.76. The molecule has 1 aliphatic carbocycles. The topological polar surface area (TPSA) is 80.9 Å². The maximum absolute atomic E-state index is 12.4. The number of ether oxygens (including phenoxy) is 1. The predicted molar refractivity (Wildman–Crippen MR) is 111 cm³/mol. The molecule has 0 fully saturated rings. The summed E-state index contributed by atoms with van der Waals surface area (Å²) in [5.74, 6) is 0.121. The number of fused-ring (bicyclic) bond motifs is 2. The molecule has 0 aliphatic heterocycles. The van der Waals surface area contributed by atoms with Crippen LogP contribution in [0.3, 0.4) is 0 Å². The van der Waals surface area contributed by atoms with Crippen LogP contribution in [-0.4, -0.2) is 17.7 Å². The van der Waals surface area contributed by atoms with Crippen LogP contribution in [0.15, 0.2) is 62.8 Å². The van der Waals surface area contributed by atoms with Crippen LogP contribution in [-0.2, 0) is 17.6 Å². The highest BCUT2D eigenvalue weighted by Crippen LogP contribution is 2.23. The Morgan fingerprint density at radius 1 is 1.14 bits per heavy atom. The SMILES string of the molecule is Cc1cc(=O)oc2cc(O[C@@H](C)C(=O)N/N=C3\CCc4ccccc4C3)ccc12. The van der Waals surface area contributed by atoms with E-state index in [1.54, 1.807) is 19.1 Å². The van der Waals surface area contributed by atoms with Gasteiger partial charge in [-0.05, 0) is 55.5 Å². The molecule has 4 rings (SSSR count). The molecule has 0 radical (unpaired) electrons. The zero-order valence-corrected chi connectivity index (χ0v) is 16.4. The van der Waals surface area contributed by atoms with Crippen molar-refractivity contribution < 1.29 is 13.9 Å². The minimum atomic E-state index is -0.746. The maximum Gasteiger partial charge on any atom is 0.336 e. The highest BCUT2D eigenvalue weighted by atomic mass is 16.5. The van der Waals surface area contributed by atoms with E-state index in [1.807, 2.05) is 25.1 Å². The maximum atomic E-state index is 12.4. The lowest BCUT2D eigenvalue weighted by atomic mass is 9.90. The summed E-state index contributed by atoms with van der Waals surface area (Å²) >= 11 is 0. The third kappa shape index (κ3) is 4.21. The first-order valence-electron chi connectivity index (χ1n) is 9.63. The van der Waals surface area contributed by atoms with Crippen molar-refractivity contribution in [2.45, 2.75) is 39.2 Å². The molecule has 6 heteroatoms. The molecule has 0 bridgehead atoms. The number of rotatable bonds is 4. The predicted octanol–water partition coefficient (Wildman–Crippen LogP) is 3.53. The third-order valence-corrected chi connectivity index (χ3v) is 5.12. The molecule has 0 saturated carbocycles. The van der Waals surface area contributed by atoms with E-state index in [4.69, 9.17) is 9.15 Å². The van der Waals surface area contributed by atoms with Crippen molar-refractivity contribution in [3.8, 4) is 5.75 Å². The number of hydrazone groups is 1. The standard InChI is InChI=1S/C23H22N2O4/c1-14-11-22(26)29-21-13-19(9-10-20(14)21)28-15(2)23(27)25-24-18-8-7-16-5-3-4-6-17(16)12-18/h3-6,9-11,13,15H,7-8,12H2,1-2H3,(H,25,27)/b24-18+/t15-/m0/s1. The van der Waals surface area contributed by atoms with Crippen molar-refractivity contribution in [1.29, 1.82) is 0 Å². The molecule has 3 aromatic rings. The van der Waals surface area contributed by atoms with E-state index in [9.17, 15) is 9.59 Å². The third-order valence-electron chi connectivity index (χ3n) is 5.12. The van der Waals surface area contributed by atoms with Gasteiger partial charge in [0.2, 0.25) is 0 Å². The van der Waals surface area contributed by atoms with Crippen molar-refractivity contribution in [3.05, 3.63) is 75.6 Å². The number of carbonyl (C=O) groups excluding carboxylic acids is 1. The normalized spacial score (nSPS) is 15.7. The van der Waals surface area contributed by atoms with Crippen LogP contribution < -0.4 is 15.8 Å². The van der Waals surface area contributed by atoms with E-state index in [-0.39, 0.29) is 5.91 Å². The second kappa shape index (κ2) is 7.91.